The molecule has 1 aromatic carbocycles. The third kappa shape index (κ3) is 4.60. The summed E-state index contributed by atoms with van der Waals surface area (Å²) in [6, 6.07) is 9.51. The Morgan fingerprint density at radius 3 is 2.82 bits per heavy atom. The Bertz CT molecular complexity index is 583. The molecule has 2 aromatic rings. The van der Waals surface area contributed by atoms with Crippen LogP contribution in [0.25, 0.3) is 0 Å². The zero-order chi connectivity index (χ0) is 15.8. The van der Waals surface area contributed by atoms with Gasteiger partial charge in [-0.2, -0.15) is 0 Å². The van der Waals surface area contributed by atoms with Crippen molar-refractivity contribution in [3.63, 3.8) is 0 Å². The number of hydrogen-bond donors (Lipinski definition) is 2. The maximum absolute atomic E-state index is 11.8. The Morgan fingerprint density at radius 2 is 2.18 bits per heavy atom. The van der Waals surface area contributed by atoms with Crippen molar-refractivity contribution in [1.82, 2.24) is 14.9 Å². The average molecular weight is 303 g/mol. The Balaban J connectivity index is 1.82. The average Bonchev–Trinajstić information content (AvgIpc) is 2.96. The normalized spacial score (nSPS) is 11.9. The minimum atomic E-state index is -0.464. The summed E-state index contributed by atoms with van der Waals surface area (Å²) >= 11 is 0. The fraction of sp³-hybridized carbons (Fsp3) is 0.375. The lowest BCUT2D eigenvalue weighted by atomic mass is 10.0. The number of carbonyl (C=O) groups excluding carboxylic acids is 1. The number of imidazole rings is 1. The number of carbonyl (C=O) groups is 1. The first kappa shape index (κ1) is 16.0. The molecular weight excluding hydrogens is 282 g/mol. The summed E-state index contributed by atoms with van der Waals surface area (Å²) in [5.74, 6) is 0.00164. The summed E-state index contributed by atoms with van der Waals surface area (Å²) in [5, 5.41) is 11.9. The van der Waals surface area contributed by atoms with Gasteiger partial charge in [-0.3, -0.25) is 0 Å². The van der Waals surface area contributed by atoms with Crippen LogP contribution >= 0.6 is 0 Å². The fourth-order valence-corrected chi connectivity index (χ4v) is 2.25. The summed E-state index contributed by atoms with van der Waals surface area (Å²) in [5.41, 5.74) is 1.91. The molecule has 6 nitrogen and oxygen atoms in total. The molecule has 1 heterocycles. The molecule has 0 aliphatic rings. The number of rotatable bonds is 7. The Kier molecular flexibility index (Phi) is 5.97. The standard InChI is InChI=1S/C16H21N3O3/c1-19-12-17-10-15(19)14(7-8-20)9-18-16(21)22-11-13-5-3-2-4-6-13/h2-6,10,12,14,20H,7-9,11H2,1H3,(H,18,21). The first-order chi connectivity index (χ1) is 10.7. The second-order valence-electron chi connectivity index (χ2n) is 5.08. The predicted octanol–water partition coefficient (Wildman–Crippen LogP) is 1.81. The van der Waals surface area contributed by atoms with Gasteiger partial charge in [-0.1, -0.05) is 30.3 Å². The lowest BCUT2D eigenvalue weighted by molar-refractivity contribution is 0.138. The largest absolute Gasteiger partial charge is 0.445 e. The number of benzene rings is 1. The molecule has 0 saturated heterocycles. The highest BCUT2D eigenvalue weighted by Crippen LogP contribution is 2.17. The van der Waals surface area contributed by atoms with Gasteiger partial charge in [0.2, 0.25) is 0 Å². The van der Waals surface area contributed by atoms with E-state index in [-0.39, 0.29) is 19.1 Å². The fourth-order valence-electron chi connectivity index (χ4n) is 2.25. The van der Waals surface area contributed by atoms with Gasteiger partial charge < -0.3 is 19.7 Å². The number of nitrogens with zero attached hydrogens (tertiary/aromatic N) is 2. The zero-order valence-electron chi connectivity index (χ0n) is 12.6. The van der Waals surface area contributed by atoms with Crippen molar-refractivity contribution in [2.75, 3.05) is 13.2 Å². The highest BCUT2D eigenvalue weighted by Gasteiger charge is 2.16. The van der Waals surface area contributed by atoms with E-state index in [0.717, 1.165) is 11.3 Å². The molecule has 2 N–H and O–H groups in total. The number of nitrogens with one attached hydrogen (secondary N) is 1. The van der Waals surface area contributed by atoms with Crippen LogP contribution in [0.4, 0.5) is 4.79 Å². The highest BCUT2D eigenvalue weighted by molar-refractivity contribution is 5.67. The molecule has 0 bridgehead atoms. The quantitative estimate of drug-likeness (QED) is 0.818. The van der Waals surface area contributed by atoms with Crippen LogP contribution in [0, 0.1) is 0 Å². The van der Waals surface area contributed by atoms with E-state index in [0.29, 0.717) is 13.0 Å². The van der Waals surface area contributed by atoms with E-state index >= 15 is 0 Å². The lowest BCUT2D eigenvalue weighted by Gasteiger charge is -2.17. The van der Waals surface area contributed by atoms with Crippen LogP contribution in [0.3, 0.4) is 0 Å². The van der Waals surface area contributed by atoms with E-state index in [1.165, 1.54) is 0 Å². The molecule has 0 aliphatic carbocycles. The third-order valence-corrected chi connectivity index (χ3v) is 3.46. The second-order valence-corrected chi connectivity index (χ2v) is 5.08. The van der Waals surface area contributed by atoms with Gasteiger partial charge in [-0.15, -0.1) is 0 Å². The molecule has 1 amide bonds. The van der Waals surface area contributed by atoms with Crippen LogP contribution in [0.1, 0.15) is 23.6 Å². The highest BCUT2D eigenvalue weighted by atomic mass is 16.5. The van der Waals surface area contributed by atoms with E-state index in [1.54, 1.807) is 12.5 Å². The molecular formula is C16H21N3O3. The molecule has 0 radical (unpaired) electrons. The van der Waals surface area contributed by atoms with Gasteiger partial charge in [0.25, 0.3) is 0 Å². The maximum Gasteiger partial charge on any atom is 0.407 e. The van der Waals surface area contributed by atoms with Crippen LogP contribution in [0.5, 0.6) is 0 Å². The first-order valence-electron chi connectivity index (χ1n) is 7.22. The van der Waals surface area contributed by atoms with Crippen molar-refractivity contribution in [2.45, 2.75) is 18.9 Å². The summed E-state index contributed by atoms with van der Waals surface area (Å²) in [6.45, 7) is 0.688. The number of alkyl carbamates (subject to hydrolysis) is 1. The Hall–Kier alpha value is -2.34. The maximum atomic E-state index is 11.8. The van der Waals surface area contributed by atoms with Gasteiger partial charge in [0, 0.05) is 38.0 Å². The Morgan fingerprint density at radius 1 is 1.41 bits per heavy atom. The van der Waals surface area contributed by atoms with Gasteiger partial charge in [-0.25, -0.2) is 9.78 Å². The Labute approximate surface area is 129 Å². The molecule has 1 atom stereocenters. The van der Waals surface area contributed by atoms with E-state index < -0.39 is 6.09 Å². The third-order valence-electron chi connectivity index (χ3n) is 3.46. The second kappa shape index (κ2) is 8.19. The van der Waals surface area contributed by atoms with Crippen LogP contribution in [0.15, 0.2) is 42.9 Å². The zero-order valence-corrected chi connectivity index (χ0v) is 12.6. The minimum absolute atomic E-state index is 0.00164. The van der Waals surface area contributed by atoms with Crippen LogP contribution < -0.4 is 5.32 Å². The predicted molar refractivity (Wildman–Crippen MR) is 82.3 cm³/mol. The van der Waals surface area contributed by atoms with E-state index in [2.05, 4.69) is 10.3 Å². The van der Waals surface area contributed by atoms with Crippen LogP contribution in [0.2, 0.25) is 0 Å². The molecule has 1 aromatic heterocycles. The monoisotopic (exact) mass is 303 g/mol. The van der Waals surface area contributed by atoms with E-state index in [9.17, 15) is 9.90 Å². The number of aliphatic hydroxyl groups is 1. The summed E-state index contributed by atoms with van der Waals surface area (Å²) in [7, 11) is 1.89. The van der Waals surface area contributed by atoms with Gasteiger partial charge in [-0.05, 0) is 12.0 Å². The van der Waals surface area contributed by atoms with E-state index in [1.807, 2.05) is 41.9 Å². The van der Waals surface area contributed by atoms with Crippen LogP contribution in [-0.2, 0) is 18.4 Å². The van der Waals surface area contributed by atoms with Gasteiger partial charge in [0.1, 0.15) is 6.61 Å². The summed E-state index contributed by atoms with van der Waals surface area (Å²) in [4.78, 5) is 15.8. The number of amides is 1. The number of aryl methyl sites for hydroxylation is 1. The van der Waals surface area contributed by atoms with E-state index in [4.69, 9.17) is 4.74 Å². The number of aliphatic hydroxyl groups excluding tert-OH is 1. The topological polar surface area (TPSA) is 76.4 Å². The molecule has 2 rings (SSSR count). The SMILES string of the molecule is Cn1cncc1C(CCO)CNC(=O)OCc1ccccc1. The van der Waals surface area contributed by atoms with Crippen molar-refractivity contribution in [1.29, 1.82) is 0 Å². The molecule has 1 unspecified atom stereocenters. The number of hydrogen-bond acceptors (Lipinski definition) is 4. The minimum Gasteiger partial charge on any atom is -0.445 e. The molecule has 0 saturated carbocycles. The molecule has 6 heteroatoms. The lowest BCUT2D eigenvalue weighted by Crippen LogP contribution is -2.30. The molecule has 0 aliphatic heterocycles. The van der Waals surface area contributed by atoms with Crippen molar-refractivity contribution in [3.8, 4) is 0 Å². The molecule has 0 spiro atoms. The van der Waals surface area contributed by atoms with Gasteiger partial charge >= 0.3 is 6.09 Å². The van der Waals surface area contributed by atoms with Gasteiger partial charge in [0.05, 0.1) is 6.33 Å². The van der Waals surface area contributed by atoms with Crippen LogP contribution in [-0.4, -0.2) is 33.9 Å². The molecule has 118 valence electrons. The summed E-state index contributed by atoms with van der Waals surface area (Å²) < 4.78 is 7.06. The van der Waals surface area contributed by atoms with Crippen molar-refractivity contribution >= 4 is 6.09 Å². The van der Waals surface area contributed by atoms with Gasteiger partial charge in [0.15, 0.2) is 0 Å². The van der Waals surface area contributed by atoms with Crippen molar-refractivity contribution in [3.05, 3.63) is 54.1 Å². The number of ether oxygens (including phenoxy) is 1. The first-order valence-corrected chi connectivity index (χ1v) is 7.22. The smallest absolute Gasteiger partial charge is 0.407 e. The van der Waals surface area contributed by atoms with Crippen molar-refractivity contribution < 1.29 is 14.6 Å². The molecule has 0 fully saturated rings. The number of aromatic nitrogens is 2. The van der Waals surface area contributed by atoms with Crippen molar-refractivity contribution in [2.24, 2.45) is 7.05 Å². The molecule has 22 heavy (non-hydrogen) atoms. The summed E-state index contributed by atoms with van der Waals surface area (Å²) in [6.07, 6.45) is 3.54.